The van der Waals surface area contributed by atoms with Crippen LogP contribution in [0.15, 0.2) is 53.0 Å². The van der Waals surface area contributed by atoms with Crippen molar-refractivity contribution in [2.24, 2.45) is 0 Å². The van der Waals surface area contributed by atoms with E-state index in [-0.39, 0.29) is 5.38 Å². The molecule has 2 rings (SSSR count). The third-order valence-electron chi connectivity index (χ3n) is 2.56. The number of benzene rings is 2. The van der Waals surface area contributed by atoms with Gasteiger partial charge < -0.3 is 0 Å². The second-order valence-corrected chi connectivity index (χ2v) is 5.73. The lowest BCUT2D eigenvalue weighted by Crippen LogP contribution is -1.95. The maximum absolute atomic E-state index is 6.38. The fraction of sp³-hybridized carbons (Fsp3) is 0.143. The molecule has 0 saturated carbocycles. The molecule has 0 aromatic heterocycles. The zero-order valence-corrected chi connectivity index (χ0v) is 12.1. The lowest BCUT2D eigenvalue weighted by Gasteiger charge is -2.10. The molecule has 0 aliphatic carbocycles. The van der Waals surface area contributed by atoms with Gasteiger partial charge in [0, 0.05) is 9.50 Å². The fourth-order valence-corrected chi connectivity index (χ4v) is 2.33. The van der Waals surface area contributed by atoms with Crippen molar-refractivity contribution in [3.05, 3.63) is 69.2 Å². The molecular weight excluding hydrogens is 319 g/mol. The van der Waals surface area contributed by atoms with Crippen molar-refractivity contribution in [2.45, 2.75) is 11.8 Å². The maximum Gasteiger partial charge on any atom is 0.0625 e. The number of halogens is 3. The molecule has 0 saturated heterocycles. The van der Waals surface area contributed by atoms with Gasteiger partial charge in [0.05, 0.1) is 5.38 Å². The Balaban J connectivity index is 2.08. The Labute approximate surface area is 120 Å². The van der Waals surface area contributed by atoms with Crippen LogP contribution in [0.4, 0.5) is 0 Å². The SMILES string of the molecule is Clc1ccc(CC(Cl)c2ccc(Br)cc2)cc1. The van der Waals surface area contributed by atoms with Crippen molar-refractivity contribution < 1.29 is 0 Å². The summed E-state index contributed by atoms with van der Waals surface area (Å²) in [5, 5.41) is 0.743. The van der Waals surface area contributed by atoms with E-state index in [2.05, 4.69) is 15.9 Å². The van der Waals surface area contributed by atoms with Crippen molar-refractivity contribution in [1.29, 1.82) is 0 Å². The maximum atomic E-state index is 6.38. The zero-order chi connectivity index (χ0) is 12.3. The van der Waals surface area contributed by atoms with Gasteiger partial charge in [0.15, 0.2) is 0 Å². The summed E-state index contributed by atoms with van der Waals surface area (Å²) in [6.07, 6.45) is 0.806. The predicted molar refractivity (Wildman–Crippen MR) is 77.9 cm³/mol. The van der Waals surface area contributed by atoms with Crippen molar-refractivity contribution in [3.8, 4) is 0 Å². The quantitative estimate of drug-likeness (QED) is 0.640. The molecule has 88 valence electrons. The first kappa shape index (κ1) is 12.9. The van der Waals surface area contributed by atoms with Crippen LogP contribution in [0, 0.1) is 0 Å². The minimum Gasteiger partial charge on any atom is -0.117 e. The summed E-state index contributed by atoms with van der Waals surface area (Å²) in [5.41, 5.74) is 2.32. The van der Waals surface area contributed by atoms with E-state index in [1.165, 1.54) is 5.56 Å². The van der Waals surface area contributed by atoms with E-state index in [1.807, 2.05) is 48.5 Å². The van der Waals surface area contributed by atoms with Gasteiger partial charge in [-0.2, -0.15) is 0 Å². The second-order valence-electron chi connectivity index (χ2n) is 3.85. The van der Waals surface area contributed by atoms with Gasteiger partial charge in [0.25, 0.3) is 0 Å². The molecule has 0 radical (unpaired) electrons. The van der Waals surface area contributed by atoms with Crippen molar-refractivity contribution in [1.82, 2.24) is 0 Å². The molecule has 0 heterocycles. The van der Waals surface area contributed by atoms with Crippen molar-refractivity contribution >= 4 is 39.1 Å². The third-order valence-corrected chi connectivity index (χ3v) is 3.75. The average Bonchev–Trinajstić information content (AvgIpc) is 2.33. The van der Waals surface area contributed by atoms with Crippen LogP contribution in [0.25, 0.3) is 0 Å². The van der Waals surface area contributed by atoms with E-state index in [4.69, 9.17) is 23.2 Å². The Kier molecular flexibility index (Phi) is 4.49. The van der Waals surface area contributed by atoms with Gasteiger partial charge in [-0.05, 0) is 41.8 Å². The predicted octanol–water partition coefficient (Wildman–Crippen LogP) is 5.63. The van der Waals surface area contributed by atoms with Crippen LogP contribution >= 0.6 is 39.1 Å². The van der Waals surface area contributed by atoms with Crippen LogP contribution < -0.4 is 0 Å². The highest BCUT2D eigenvalue weighted by Crippen LogP contribution is 2.26. The molecule has 0 aliphatic rings. The van der Waals surface area contributed by atoms with E-state index < -0.39 is 0 Å². The molecule has 0 amide bonds. The summed E-state index contributed by atoms with van der Waals surface area (Å²) in [5.74, 6) is 0. The smallest absolute Gasteiger partial charge is 0.0625 e. The summed E-state index contributed by atoms with van der Waals surface area (Å²) in [4.78, 5) is 0. The fourth-order valence-electron chi connectivity index (χ4n) is 1.62. The summed E-state index contributed by atoms with van der Waals surface area (Å²) in [6, 6.07) is 15.9. The van der Waals surface area contributed by atoms with Crippen molar-refractivity contribution in [3.63, 3.8) is 0 Å². The third kappa shape index (κ3) is 3.74. The number of rotatable bonds is 3. The van der Waals surface area contributed by atoms with Gasteiger partial charge in [-0.3, -0.25) is 0 Å². The van der Waals surface area contributed by atoms with Gasteiger partial charge in [-0.1, -0.05) is 51.8 Å². The first-order valence-electron chi connectivity index (χ1n) is 5.29. The number of hydrogen-bond acceptors (Lipinski definition) is 0. The molecule has 0 aliphatic heterocycles. The molecule has 17 heavy (non-hydrogen) atoms. The molecule has 1 atom stereocenters. The summed E-state index contributed by atoms with van der Waals surface area (Å²) < 4.78 is 1.07. The Morgan fingerprint density at radius 3 is 2.12 bits per heavy atom. The minimum absolute atomic E-state index is 0.00993. The Morgan fingerprint density at radius 1 is 0.941 bits per heavy atom. The first-order valence-corrected chi connectivity index (χ1v) is 6.90. The van der Waals surface area contributed by atoms with Gasteiger partial charge >= 0.3 is 0 Å². The van der Waals surface area contributed by atoms with Gasteiger partial charge in [0.1, 0.15) is 0 Å². The molecule has 3 heteroatoms. The molecule has 1 unspecified atom stereocenters. The molecule has 0 fully saturated rings. The summed E-state index contributed by atoms with van der Waals surface area (Å²) in [6.45, 7) is 0. The topological polar surface area (TPSA) is 0 Å². The minimum atomic E-state index is -0.00993. The van der Waals surface area contributed by atoms with Gasteiger partial charge in [0.2, 0.25) is 0 Å². The summed E-state index contributed by atoms with van der Waals surface area (Å²) in [7, 11) is 0. The van der Waals surface area contributed by atoms with Crippen LogP contribution in [0.3, 0.4) is 0 Å². The average molecular weight is 330 g/mol. The number of alkyl halides is 1. The van der Waals surface area contributed by atoms with Crippen LogP contribution in [0.2, 0.25) is 5.02 Å². The molecular formula is C14H11BrCl2. The molecule has 0 N–H and O–H groups in total. The molecule has 2 aromatic carbocycles. The normalized spacial score (nSPS) is 12.4. The zero-order valence-electron chi connectivity index (χ0n) is 9.04. The second kappa shape index (κ2) is 5.90. The number of hydrogen-bond donors (Lipinski definition) is 0. The largest absolute Gasteiger partial charge is 0.117 e. The van der Waals surface area contributed by atoms with Crippen LogP contribution in [0.1, 0.15) is 16.5 Å². The monoisotopic (exact) mass is 328 g/mol. The van der Waals surface area contributed by atoms with Gasteiger partial charge in [-0.15, -0.1) is 11.6 Å². The van der Waals surface area contributed by atoms with Crippen molar-refractivity contribution in [2.75, 3.05) is 0 Å². The highest BCUT2D eigenvalue weighted by atomic mass is 79.9. The molecule has 0 bridgehead atoms. The highest BCUT2D eigenvalue weighted by Gasteiger charge is 2.08. The van der Waals surface area contributed by atoms with E-state index in [1.54, 1.807) is 0 Å². The van der Waals surface area contributed by atoms with E-state index in [0.29, 0.717) is 0 Å². The lowest BCUT2D eigenvalue weighted by molar-refractivity contribution is 0.919. The standard InChI is InChI=1S/C14H11BrCl2/c15-12-5-3-11(4-6-12)14(17)9-10-1-7-13(16)8-2-10/h1-8,14H,9H2. The molecule has 0 spiro atoms. The Hall–Kier alpha value is -0.500. The first-order chi connectivity index (χ1) is 8.15. The molecule has 2 aromatic rings. The Bertz CT molecular complexity index is 477. The van der Waals surface area contributed by atoms with Crippen LogP contribution in [0.5, 0.6) is 0 Å². The lowest BCUT2D eigenvalue weighted by atomic mass is 10.0. The Morgan fingerprint density at radius 2 is 1.53 bits per heavy atom. The molecule has 0 nitrogen and oxygen atoms in total. The van der Waals surface area contributed by atoms with E-state index in [0.717, 1.165) is 21.5 Å². The highest BCUT2D eigenvalue weighted by molar-refractivity contribution is 9.10. The van der Waals surface area contributed by atoms with E-state index in [9.17, 15) is 0 Å². The van der Waals surface area contributed by atoms with Gasteiger partial charge in [-0.25, -0.2) is 0 Å². The summed E-state index contributed by atoms with van der Waals surface area (Å²) >= 11 is 15.6. The van der Waals surface area contributed by atoms with Crippen LogP contribution in [-0.2, 0) is 6.42 Å². The van der Waals surface area contributed by atoms with E-state index >= 15 is 0 Å². The van der Waals surface area contributed by atoms with Crippen LogP contribution in [-0.4, -0.2) is 0 Å².